The van der Waals surface area contributed by atoms with Crippen LogP contribution in [-0.4, -0.2) is 43.5 Å². The van der Waals surface area contributed by atoms with Crippen molar-refractivity contribution in [2.45, 2.75) is 25.3 Å². The second-order valence-electron chi connectivity index (χ2n) is 7.98. The van der Waals surface area contributed by atoms with Crippen molar-refractivity contribution in [1.82, 2.24) is 24.5 Å². The van der Waals surface area contributed by atoms with E-state index in [4.69, 9.17) is 4.98 Å². The van der Waals surface area contributed by atoms with Gasteiger partial charge in [0.25, 0.3) is 0 Å². The van der Waals surface area contributed by atoms with E-state index in [0.717, 1.165) is 51.5 Å². The summed E-state index contributed by atoms with van der Waals surface area (Å²) < 4.78 is 2.65. The fourth-order valence-electron chi connectivity index (χ4n) is 4.05. The third kappa shape index (κ3) is 4.99. The van der Waals surface area contributed by atoms with Crippen LogP contribution in [0.3, 0.4) is 0 Å². The number of anilines is 1. The molecule has 0 radical (unpaired) electrons. The van der Waals surface area contributed by atoms with Gasteiger partial charge >= 0.3 is 0 Å². The molecule has 0 spiro atoms. The zero-order valence-corrected chi connectivity index (χ0v) is 20.3. The van der Waals surface area contributed by atoms with Crippen LogP contribution in [0.25, 0.3) is 11.7 Å². The Morgan fingerprint density at radius 1 is 1.30 bits per heavy atom. The average Bonchev–Trinajstić information content (AvgIpc) is 3.52. The number of hydrogen-bond acceptors (Lipinski definition) is 6. The van der Waals surface area contributed by atoms with Gasteiger partial charge < -0.3 is 10.2 Å². The smallest absolute Gasteiger partial charge is 0.246 e. The molecular weight excluding hydrogens is 500 g/mol. The maximum atomic E-state index is 12.8. The van der Waals surface area contributed by atoms with Crippen molar-refractivity contribution in [2.75, 3.05) is 18.4 Å². The zero-order chi connectivity index (χ0) is 22.6. The van der Waals surface area contributed by atoms with E-state index in [9.17, 15) is 4.79 Å². The largest absolute Gasteiger partial charge is 0.366 e. The Kier molecular flexibility index (Phi) is 6.50. The van der Waals surface area contributed by atoms with E-state index >= 15 is 0 Å². The number of halogens is 1. The number of aromatic nitrogens is 4. The average molecular weight is 523 g/mol. The molecule has 0 aromatic carbocycles. The molecule has 5 heterocycles. The predicted octanol–water partition coefficient (Wildman–Crippen LogP) is 4.98. The van der Waals surface area contributed by atoms with Gasteiger partial charge in [-0.3, -0.25) is 9.78 Å². The normalized spacial score (nSPS) is 16.5. The minimum atomic E-state index is 0.0506. The molecule has 1 unspecified atom stereocenters. The van der Waals surface area contributed by atoms with Crippen molar-refractivity contribution in [3.63, 3.8) is 0 Å². The first kappa shape index (κ1) is 21.8. The van der Waals surface area contributed by atoms with E-state index in [1.165, 1.54) is 0 Å². The lowest BCUT2D eigenvalue weighted by atomic mass is 9.94. The van der Waals surface area contributed by atoms with E-state index in [2.05, 4.69) is 37.4 Å². The molecule has 5 rings (SSSR count). The summed E-state index contributed by atoms with van der Waals surface area (Å²) in [6, 6.07) is 10.0. The fourth-order valence-corrected chi connectivity index (χ4v) is 5.02. The van der Waals surface area contributed by atoms with Gasteiger partial charge in [0.2, 0.25) is 5.91 Å². The lowest BCUT2D eigenvalue weighted by Gasteiger charge is -2.32. The van der Waals surface area contributed by atoms with E-state index in [1.807, 2.05) is 46.8 Å². The fraction of sp³-hybridized carbons (Fsp3) is 0.250. The van der Waals surface area contributed by atoms with Crippen LogP contribution in [0.15, 0.2) is 64.9 Å². The third-order valence-electron chi connectivity index (χ3n) is 5.73. The van der Waals surface area contributed by atoms with Crippen molar-refractivity contribution in [3.05, 3.63) is 81.0 Å². The van der Waals surface area contributed by atoms with Crippen LogP contribution in [-0.2, 0) is 11.3 Å². The monoisotopic (exact) mass is 522 g/mol. The summed E-state index contributed by atoms with van der Waals surface area (Å²) in [5.41, 5.74) is 2.82. The first-order valence-corrected chi connectivity index (χ1v) is 12.5. The Hall–Kier alpha value is -3.04. The van der Waals surface area contributed by atoms with Gasteiger partial charge in [0.1, 0.15) is 5.82 Å². The molecule has 33 heavy (non-hydrogen) atoms. The molecule has 1 saturated heterocycles. The van der Waals surface area contributed by atoms with Gasteiger partial charge in [-0.05, 0) is 57.9 Å². The molecule has 9 heteroatoms. The van der Waals surface area contributed by atoms with Gasteiger partial charge in [-0.2, -0.15) is 9.61 Å². The summed E-state index contributed by atoms with van der Waals surface area (Å²) in [5.74, 6) is 1.09. The second-order valence-corrected chi connectivity index (χ2v) is 9.81. The molecule has 1 aliphatic rings. The zero-order valence-electron chi connectivity index (χ0n) is 17.9. The lowest BCUT2D eigenvalue weighted by Crippen LogP contribution is -2.38. The summed E-state index contributed by atoms with van der Waals surface area (Å²) >= 11 is 5.20. The molecule has 1 atom stereocenters. The third-order valence-corrected chi connectivity index (χ3v) is 7.13. The predicted molar refractivity (Wildman–Crippen MR) is 134 cm³/mol. The maximum Gasteiger partial charge on any atom is 0.246 e. The number of pyridine rings is 1. The highest BCUT2D eigenvalue weighted by molar-refractivity contribution is 9.10. The quantitative estimate of drug-likeness (QED) is 0.361. The summed E-state index contributed by atoms with van der Waals surface area (Å²) in [6.07, 6.45) is 10.9. The lowest BCUT2D eigenvalue weighted by molar-refractivity contribution is -0.127. The molecular formula is C24H23BrN6OS. The van der Waals surface area contributed by atoms with E-state index in [0.29, 0.717) is 13.1 Å². The van der Waals surface area contributed by atoms with E-state index < -0.39 is 0 Å². The molecule has 1 amide bonds. The van der Waals surface area contributed by atoms with Crippen molar-refractivity contribution >= 4 is 50.7 Å². The number of fused-ring (bicyclic) bond motifs is 1. The molecule has 168 valence electrons. The Labute approximate surface area is 204 Å². The minimum Gasteiger partial charge on any atom is -0.366 e. The summed E-state index contributed by atoms with van der Waals surface area (Å²) in [7, 11) is 0. The SMILES string of the molecule is O=C(/C=C/c1cccs1)N1CCCC(c2cc(NCc3cccnc3)n3ncc(Br)c3n2)C1. The first-order valence-electron chi connectivity index (χ1n) is 10.8. The van der Waals surface area contributed by atoms with Crippen molar-refractivity contribution in [2.24, 2.45) is 0 Å². The number of amides is 1. The highest BCUT2D eigenvalue weighted by Crippen LogP contribution is 2.30. The molecule has 1 aliphatic heterocycles. The first-order chi connectivity index (χ1) is 16.2. The van der Waals surface area contributed by atoms with Gasteiger partial charge in [0, 0.05) is 55.0 Å². The highest BCUT2D eigenvalue weighted by Gasteiger charge is 2.26. The van der Waals surface area contributed by atoms with Gasteiger partial charge in [-0.25, -0.2) is 4.98 Å². The molecule has 7 nitrogen and oxygen atoms in total. The van der Waals surface area contributed by atoms with Crippen molar-refractivity contribution < 1.29 is 4.79 Å². The molecule has 4 aromatic rings. The number of nitrogens with zero attached hydrogens (tertiary/aromatic N) is 5. The molecule has 0 bridgehead atoms. The van der Waals surface area contributed by atoms with Crippen molar-refractivity contribution in [3.8, 4) is 0 Å². The summed E-state index contributed by atoms with van der Waals surface area (Å²) in [4.78, 5) is 24.9. The number of carbonyl (C=O) groups is 1. The van der Waals surface area contributed by atoms with Gasteiger partial charge in [-0.15, -0.1) is 11.3 Å². The van der Waals surface area contributed by atoms with Crippen LogP contribution in [0, 0.1) is 0 Å². The van der Waals surface area contributed by atoms with Crippen molar-refractivity contribution in [1.29, 1.82) is 0 Å². The summed E-state index contributed by atoms with van der Waals surface area (Å²) in [5, 5.41) is 9.95. The van der Waals surface area contributed by atoms with Crippen LogP contribution < -0.4 is 5.32 Å². The topological polar surface area (TPSA) is 75.4 Å². The Balaban J connectivity index is 1.37. The highest BCUT2D eigenvalue weighted by atomic mass is 79.9. The number of carbonyl (C=O) groups excluding carboxylic acids is 1. The molecule has 0 aliphatic carbocycles. The number of nitrogens with one attached hydrogen (secondary N) is 1. The van der Waals surface area contributed by atoms with E-state index in [-0.39, 0.29) is 11.8 Å². The number of hydrogen-bond donors (Lipinski definition) is 1. The molecule has 1 fully saturated rings. The Bertz CT molecular complexity index is 1270. The van der Waals surface area contributed by atoms with Gasteiger partial charge in [0.15, 0.2) is 5.65 Å². The molecule has 4 aromatic heterocycles. The number of piperidine rings is 1. The minimum absolute atomic E-state index is 0.0506. The number of thiophene rings is 1. The second kappa shape index (κ2) is 9.84. The number of likely N-dealkylation sites (tertiary alicyclic amines) is 1. The Morgan fingerprint density at radius 2 is 2.24 bits per heavy atom. The number of rotatable bonds is 6. The van der Waals surface area contributed by atoms with Crippen LogP contribution in [0.2, 0.25) is 0 Å². The standard InChI is InChI=1S/C24H23BrN6OS/c25-20-15-28-31-22(27-14-17-4-1-9-26-13-17)12-21(29-24(20)31)18-5-2-10-30(16-18)23(32)8-7-19-6-3-11-33-19/h1,3-4,6-9,11-13,15,18,27H,2,5,10,14,16H2/b8-7+. The maximum absolute atomic E-state index is 12.8. The van der Waals surface area contributed by atoms with Gasteiger partial charge in [-0.1, -0.05) is 12.1 Å². The molecule has 0 saturated carbocycles. The molecule has 1 N–H and O–H groups in total. The Morgan fingerprint density at radius 3 is 3.06 bits per heavy atom. The summed E-state index contributed by atoms with van der Waals surface area (Å²) in [6.45, 7) is 2.06. The van der Waals surface area contributed by atoms with Crippen LogP contribution >= 0.6 is 27.3 Å². The van der Waals surface area contributed by atoms with Crippen LogP contribution in [0.4, 0.5) is 5.82 Å². The van der Waals surface area contributed by atoms with Crippen LogP contribution in [0.5, 0.6) is 0 Å². The van der Waals surface area contributed by atoms with Gasteiger partial charge in [0.05, 0.1) is 16.4 Å². The van der Waals surface area contributed by atoms with E-state index in [1.54, 1.807) is 34.3 Å². The van der Waals surface area contributed by atoms with Crippen LogP contribution in [0.1, 0.15) is 34.9 Å².